The molecule has 19 heavy (non-hydrogen) atoms. The molecule has 1 aromatic rings. The van der Waals surface area contributed by atoms with Gasteiger partial charge in [-0.15, -0.1) is 0 Å². The van der Waals surface area contributed by atoms with E-state index >= 15 is 0 Å². The SMILES string of the molecule is CC(C)(Br)C(=O)OCc1c(F)c(F)c(F)c(F)c1F. The molecule has 8 heteroatoms. The standard InChI is InChI=1S/C11H8BrF5O2/c1-11(2,12)10(18)19-3-4-5(13)7(15)9(17)8(16)6(4)14/h3H2,1-2H3. The van der Waals surface area contributed by atoms with E-state index in [9.17, 15) is 26.7 Å². The van der Waals surface area contributed by atoms with Gasteiger partial charge in [0.25, 0.3) is 0 Å². The lowest BCUT2D eigenvalue weighted by atomic mass is 10.1. The zero-order chi connectivity index (χ0) is 15.0. The predicted octanol–water partition coefficient (Wildman–Crippen LogP) is 3.60. The number of alkyl halides is 1. The first-order valence-electron chi connectivity index (χ1n) is 4.93. The van der Waals surface area contributed by atoms with Crippen molar-refractivity contribution >= 4 is 21.9 Å². The van der Waals surface area contributed by atoms with Crippen molar-refractivity contribution < 1.29 is 31.5 Å². The first kappa shape index (κ1) is 15.9. The molecule has 0 aliphatic rings. The van der Waals surface area contributed by atoms with Crippen LogP contribution < -0.4 is 0 Å². The molecule has 0 heterocycles. The number of rotatable bonds is 3. The van der Waals surface area contributed by atoms with Crippen LogP contribution in [-0.2, 0) is 16.1 Å². The van der Waals surface area contributed by atoms with E-state index < -0.39 is 51.6 Å². The van der Waals surface area contributed by atoms with Crippen LogP contribution in [0.2, 0.25) is 0 Å². The number of halogens is 6. The Hall–Kier alpha value is -1.18. The maximum Gasteiger partial charge on any atom is 0.322 e. The maximum atomic E-state index is 13.2. The van der Waals surface area contributed by atoms with Gasteiger partial charge in [-0.05, 0) is 13.8 Å². The van der Waals surface area contributed by atoms with Crippen LogP contribution in [0, 0.1) is 29.1 Å². The molecule has 0 radical (unpaired) electrons. The van der Waals surface area contributed by atoms with E-state index in [1.165, 1.54) is 13.8 Å². The summed E-state index contributed by atoms with van der Waals surface area (Å²) in [6.07, 6.45) is 0. The summed E-state index contributed by atoms with van der Waals surface area (Å²) in [4.78, 5) is 11.3. The van der Waals surface area contributed by atoms with Gasteiger partial charge in [-0.3, -0.25) is 4.79 Å². The summed E-state index contributed by atoms with van der Waals surface area (Å²) in [5, 5.41) is 0. The Morgan fingerprint density at radius 3 is 1.74 bits per heavy atom. The zero-order valence-corrected chi connectivity index (χ0v) is 11.4. The Bertz CT molecular complexity index is 496. The average molecular weight is 347 g/mol. The molecule has 0 unspecified atom stereocenters. The summed E-state index contributed by atoms with van der Waals surface area (Å²) < 4.78 is 68.2. The van der Waals surface area contributed by atoms with Gasteiger partial charge in [-0.25, -0.2) is 22.0 Å². The zero-order valence-electron chi connectivity index (χ0n) is 9.79. The molecule has 0 saturated carbocycles. The predicted molar refractivity (Wildman–Crippen MR) is 59.0 cm³/mol. The van der Waals surface area contributed by atoms with Crippen LogP contribution in [0.1, 0.15) is 19.4 Å². The first-order chi connectivity index (χ1) is 8.57. The third-order valence-corrected chi connectivity index (χ3v) is 2.46. The fourth-order valence-electron chi connectivity index (χ4n) is 1.09. The molecule has 0 fully saturated rings. The summed E-state index contributed by atoms with van der Waals surface area (Å²) in [5.41, 5.74) is -1.19. The Labute approximate surface area is 113 Å². The largest absolute Gasteiger partial charge is 0.460 e. The number of hydrogen-bond donors (Lipinski definition) is 0. The Balaban J connectivity index is 3.07. The summed E-state index contributed by atoms with van der Waals surface area (Å²) >= 11 is 2.92. The molecular weight excluding hydrogens is 339 g/mol. The van der Waals surface area contributed by atoms with Gasteiger partial charge >= 0.3 is 5.97 Å². The van der Waals surface area contributed by atoms with Crippen molar-refractivity contribution in [3.05, 3.63) is 34.6 Å². The number of carbonyl (C=O) groups excluding carboxylic acids is 1. The van der Waals surface area contributed by atoms with Gasteiger partial charge in [0, 0.05) is 0 Å². The molecule has 1 rings (SSSR count). The second kappa shape index (κ2) is 5.44. The summed E-state index contributed by atoms with van der Waals surface area (Å²) in [7, 11) is 0. The Morgan fingerprint density at radius 1 is 1.00 bits per heavy atom. The average Bonchev–Trinajstić information content (AvgIpc) is 2.32. The molecule has 0 N–H and O–H groups in total. The molecule has 106 valence electrons. The molecule has 0 amide bonds. The minimum absolute atomic E-state index is 0.906. The smallest absolute Gasteiger partial charge is 0.322 e. The number of benzene rings is 1. The Morgan fingerprint density at radius 2 is 1.37 bits per heavy atom. The van der Waals surface area contributed by atoms with Crippen molar-refractivity contribution in [2.75, 3.05) is 0 Å². The quantitative estimate of drug-likeness (QED) is 0.275. The van der Waals surface area contributed by atoms with Gasteiger partial charge in [0.2, 0.25) is 5.82 Å². The fraction of sp³-hybridized carbons (Fsp3) is 0.364. The normalized spacial score (nSPS) is 11.6. The topological polar surface area (TPSA) is 26.3 Å². The van der Waals surface area contributed by atoms with Crippen molar-refractivity contribution in [2.24, 2.45) is 0 Å². The highest BCUT2D eigenvalue weighted by Crippen LogP contribution is 2.25. The number of hydrogen-bond acceptors (Lipinski definition) is 2. The summed E-state index contributed by atoms with van der Waals surface area (Å²) in [6, 6.07) is 0. The Kier molecular flexibility index (Phi) is 4.54. The molecule has 0 spiro atoms. The monoisotopic (exact) mass is 346 g/mol. The number of esters is 1. The van der Waals surface area contributed by atoms with Crippen LogP contribution in [0.15, 0.2) is 0 Å². The molecule has 2 nitrogen and oxygen atoms in total. The van der Waals surface area contributed by atoms with Crippen molar-refractivity contribution in [1.82, 2.24) is 0 Å². The van der Waals surface area contributed by atoms with Crippen LogP contribution in [0.4, 0.5) is 22.0 Å². The highest BCUT2D eigenvalue weighted by Gasteiger charge is 2.29. The second-order valence-corrected chi connectivity index (χ2v) is 6.08. The van der Waals surface area contributed by atoms with E-state index in [1.54, 1.807) is 0 Å². The molecule has 0 aromatic heterocycles. The minimum Gasteiger partial charge on any atom is -0.460 e. The summed E-state index contributed by atoms with van der Waals surface area (Å²) in [6.45, 7) is 1.74. The minimum atomic E-state index is -2.26. The van der Waals surface area contributed by atoms with Crippen LogP contribution in [0.5, 0.6) is 0 Å². The number of carbonyl (C=O) groups is 1. The number of ether oxygens (including phenoxy) is 1. The van der Waals surface area contributed by atoms with Crippen molar-refractivity contribution in [3.8, 4) is 0 Å². The molecule has 0 aliphatic carbocycles. The fourth-order valence-corrected chi connectivity index (χ4v) is 1.20. The van der Waals surface area contributed by atoms with E-state index in [4.69, 9.17) is 0 Å². The van der Waals surface area contributed by atoms with Crippen molar-refractivity contribution in [2.45, 2.75) is 24.8 Å². The third kappa shape index (κ3) is 3.23. The summed E-state index contributed by atoms with van der Waals surface area (Å²) in [5.74, 6) is -11.4. The third-order valence-electron chi connectivity index (χ3n) is 2.13. The molecule has 0 aliphatic heterocycles. The lowest BCUT2D eigenvalue weighted by Crippen LogP contribution is -2.27. The van der Waals surface area contributed by atoms with E-state index in [1.807, 2.05) is 0 Å². The van der Waals surface area contributed by atoms with Gasteiger partial charge in [-0.1, -0.05) is 15.9 Å². The molecule has 1 aromatic carbocycles. The van der Waals surface area contributed by atoms with Gasteiger partial charge in [0.15, 0.2) is 23.3 Å². The molecule has 0 atom stereocenters. The molecular formula is C11H8BrF5O2. The second-order valence-electron chi connectivity index (χ2n) is 4.10. The lowest BCUT2D eigenvalue weighted by Gasteiger charge is -2.15. The van der Waals surface area contributed by atoms with Crippen molar-refractivity contribution in [3.63, 3.8) is 0 Å². The maximum absolute atomic E-state index is 13.2. The van der Waals surface area contributed by atoms with Gasteiger partial charge < -0.3 is 4.74 Å². The van der Waals surface area contributed by atoms with E-state index in [0.717, 1.165) is 0 Å². The van der Waals surface area contributed by atoms with Gasteiger partial charge in [0.1, 0.15) is 10.9 Å². The first-order valence-corrected chi connectivity index (χ1v) is 5.73. The van der Waals surface area contributed by atoms with Crippen LogP contribution in [-0.4, -0.2) is 10.3 Å². The molecule has 0 bridgehead atoms. The van der Waals surface area contributed by atoms with Crippen molar-refractivity contribution in [1.29, 1.82) is 0 Å². The van der Waals surface area contributed by atoms with Gasteiger partial charge in [-0.2, -0.15) is 0 Å². The van der Waals surface area contributed by atoms with Crippen LogP contribution in [0.25, 0.3) is 0 Å². The van der Waals surface area contributed by atoms with E-state index in [2.05, 4.69) is 20.7 Å². The highest BCUT2D eigenvalue weighted by molar-refractivity contribution is 9.10. The van der Waals surface area contributed by atoms with Crippen LogP contribution in [0.3, 0.4) is 0 Å². The van der Waals surface area contributed by atoms with Crippen LogP contribution >= 0.6 is 15.9 Å². The lowest BCUT2D eigenvalue weighted by molar-refractivity contribution is -0.146. The molecule has 0 saturated heterocycles. The van der Waals surface area contributed by atoms with E-state index in [0.29, 0.717) is 0 Å². The highest BCUT2D eigenvalue weighted by atomic mass is 79.9. The van der Waals surface area contributed by atoms with E-state index in [-0.39, 0.29) is 0 Å². The van der Waals surface area contributed by atoms with Gasteiger partial charge in [0.05, 0.1) is 5.56 Å².